The van der Waals surface area contributed by atoms with E-state index in [1.54, 1.807) is 23.1 Å². The summed E-state index contributed by atoms with van der Waals surface area (Å²) < 4.78 is 19.1. The first-order chi connectivity index (χ1) is 11.2. The van der Waals surface area contributed by atoms with E-state index in [-0.39, 0.29) is 30.2 Å². The zero-order valence-corrected chi connectivity index (χ0v) is 14.0. The molecule has 1 aliphatic heterocycles. The Morgan fingerprint density at radius 1 is 1.25 bits per heavy atom. The normalized spacial score (nSPS) is 17.2. The monoisotopic (exact) mass is 350 g/mol. The number of hydrogen-bond acceptors (Lipinski definition) is 3. The molecule has 2 aromatic carbocycles. The third-order valence-electron chi connectivity index (χ3n) is 4.01. The van der Waals surface area contributed by atoms with Crippen LogP contribution in [0.3, 0.4) is 0 Å². The van der Waals surface area contributed by atoms with Gasteiger partial charge in [-0.2, -0.15) is 0 Å². The molecule has 1 atom stereocenters. The summed E-state index contributed by atoms with van der Waals surface area (Å²) in [6.07, 6.45) is -0.299. The van der Waals surface area contributed by atoms with Crippen LogP contribution in [0, 0.1) is 5.82 Å². The summed E-state index contributed by atoms with van der Waals surface area (Å²) in [5.74, 6) is -0.342. The van der Waals surface area contributed by atoms with E-state index in [0.29, 0.717) is 31.8 Å². The summed E-state index contributed by atoms with van der Waals surface area (Å²) in [4.78, 5) is 14.4. The fourth-order valence-electron chi connectivity index (χ4n) is 2.71. The predicted molar refractivity (Wildman–Crippen MR) is 92.6 cm³/mol. The van der Waals surface area contributed by atoms with E-state index in [0.717, 1.165) is 11.1 Å². The number of carbonyl (C=O) groups excluding carboxylic acids is 1. The Labute approximate surface area is 146 Å². The summed E-state index contributed by atoms with van der Waals surface area (Å²) in [7, 11) is 0. The van der Waals surface area contributed by atoms with Crippen LogP contribution in [0.1, 0.15) is 27.6 Å². The molecular formula is C18H20ClFN2O2. The van der Waals surface area contributed by atoms with E-state index in [1.165, 1.54) is 12.1 Å². The first kappa shape index (κ1) is 18.4. The molecule has 1 fully saturated rings. The minimum Gasteiger partial charge on any atom is -0.370 e. The molecule has 2 N–H and O–H groups in total. The smallest absolute Gasteiger partial charge is 0.254 e. The number of halogens is 2. The van der Waals surface area contributed by atoms with E-state index in [4.69, 9.17) is 10.5 Å². The van der Waals surface area contributed by atoms with Gasteiger partial charge in [-0.3, -0.25) is 4.79 Å². The number of hydrogen-bond donors (Lipinski definition) is 1. The summed E-state index contributed by atoms with van der Waals surface area (Å²) >= 11 is 0. The average molecular weight is 351 g/mol. The Kier molecular flexibility index (Phi) is 6.31. The van der Waals surface area contributed by atoms with Crippen molar-refractivity contribution in [1.29, 1.82) is 0 Å². The van der Waals surface area contributed by atoms with E-state index >= 15 is 0 Å². The first-order valence-electron chi connectivity index (χ1n) is 7.63. The van der Waals surface area contributed by atoms with E-state index in [2.05, 4.69) is 0 Å². The van der Waals surface area contributed by atoms with Crippen LogP contribution in [0.5, 0.6) is 0 Å². The summed E-state index contributed by atoms with van der Waals surface area (Å²) in [6, 6.07) is 13.6. The van der Waals surface area contributed by atoms with Crippen molar-refractivity contribution in [3.8, 4) is 0 Å². The van der Waals surface area contributed by atoms with Gasteiger partial charge in [0, 0.05) is 18.7 Å². The van der Waals surface area contributed by atoms with Crippen molar-refractivity contribution in [1.82, 2.24) is 4.90 Å². The SMILES string of the molecule is Cl.NCc1ccc(C(=O)N2CCOC(c3cccc(F)c3)C2)cc1. The van der Waals surface area contributed by atoms with Gasteiger partial charge in [0.05, 0.1) is 13.2 Å². The number of nitrogens with two attached hydrogens (primary N) is 1. The maximum atomic E-state index is 13.4. The molecule has 0 radical (unpaired) electrons. The molecule has 1 heterocycles. The molecule has 128 valence electrons. The van der Waals surface area contributed by atoms with Gasteiger partial charge in [0.15, 0.2) is 0 Å². The number of ether oxygens (including phenoxy) is 1. The predicted octanol–water partition coefficient (Wildman–Crippen LogP) is 2.92. The number of carbonyl (C=O) groups is 1. The molecule has 2 aromatic rings. The third kappa shape index (κ3) is 4.12. The fraction of sp³-hybridized carbons (Fsp3) is 0.278. The second-order valence-corrected chi connectivity index (χ2v) is 5.57. The van der Waals surface area contributed by atoms with Crippen LogP contribution in [0.25, 0.3) is 0 Å². The molecule has 0 aromatic heterocycles. The standard InChI is InChI=1S/C18H19FN2O2.ClH/c19-16-3-1-2-15(10-16)17-12-21(8-9-23-17)18(22)14-6-4-13(11-20)5-7-14;/h1-7,10,17H,8-9,11-12,20H2;1H. The summed E-state index contributed by atoms with van der Waals surface area (Å²) in [5.41, 5.74) is 7.94. The Balaban J connectivity index is 0.00000208. The molecule has 3 rings (SSSR count). The van der Waals surface area contributed by atoms with E-state index in [9.17, 15) is 9.18 Å². The van der Waals surface area contributed by atoms with Crippen LogP contribution in [-0.2, 0) is 11.3 Å². The molecule has 0 saturated carbocycles. The van der Waals surface area contributed by atoms with Crippen molar-refractivity contribution in [2.75, 3.05) is 19.7 Å². The van der Waals surface area contributed by atoms with Crippen molar-refractivity contribution in [3.63, 3.8) is 0 Å². The van der Waals surface area contributed by atoms with Gasteiger partial charge in [0.2, 0.25) is 0 Å². The minimum atomic E-state index is -0.299. The lowest BCUT2D eigenvalue weighted by atomic mass is 10.1. The van der Waals surface area contributed by atoms with Gasteiger partial charge < -0.3 is 15.4 Å². The summed E-state index contributed by atoms with van der Waals surface area (Å²) in [6.45, 7) is 1.84. The average Bonchev–Trinajstić information content (AvgIpc) is 2.61. The quantitative estimate of drug-likeness (QED) is 0.926. The lowest BCUT2D eigenvalue weighted by molar-refractivity contribution is -0.0229. The van der Waals surface area contributed by atoms with Crippen molar-refractivity contribution < 1.29 is 13.9 Å². The van der Waals surface area contributed by atoms with Gasteiger partial charge in [-0.1, -0.05) is 24.3 Å². The number of amides is 1. The highest BCUT2D eigenvalue weighted by molar-refractivity contribution is 5.94. The molecule has 0 spiro atoms. The van der Waals surface area contributed by atoms with Gasteiger partial charge in [-0.15, -0.1) is 12.4 Å². The highest BCUT2D eigenvalue weighted by Crippen LogP contribution is 2.24. The molecule has 1 amide bonds. The molecule has 0 aliphatic carbocycles. The second kappa shape index (κ2) is 8.24. The number of benzene rings is 2. The lowest BCUT2D eigenvalue weighted by Crippen LogP contribution is -2.42. The zero-order valence-electron chi connectivity index (χ0n) is 13.2. The first-order valence-corrected chi connectivity index (χ1v) is 7.63. The molecule has 4 nitrogen and oxygen atoms in total. The largest absolute Gasteiger partial charge is 0.370 e. The fourth-order valence-corrected chi connectivity index (χ4v) is 2.71. The van der Waals surface area contributed by atoms with Crippen LogP contribution < -0.4 is 5.73 Å². The maximum Gasteiger partial charge on any atom is 0.254 e. The van der Waals surface area contributed by atoms with Crippen molar-refractivity contribution in [2.24, 2.45) is 5.73 Å². The topological polar surface area (TPSA) is 55.6 Å². The van der Waals surface area contributed by atoms with Crippen molar-refractivity contribution >= 4 is 18.3 Å². The van der Waals surface area contributed by atoms with Gasteiger partial charge in [-0.05, 0) is 35.4 Å². The number of rotatable bonds is 3. The van der Waals surface area contributed by atoms with Crippen LogP contribution in [0.4, 0.5) is 4.39 Å². The number of morpholine rings is 1. The Bertz CT molecular complexity index is 694. The van der Waals surface area contributed by atoms with Gasteiger partial charge in [-0.25, -0.2) is 4.39 Å². The third-order valence-corrected chi connectivity index (χ3v) is 4.01. The highest BCUT2D eigenvalue weighted by atomic mass is 35.5. The molecule has 0 bridgehead atoms. The Morgan fingerprint density at radius 2 is 2.00 bits per heavy atom. The minimum absolute atomic E-state index is 0. The van der Waals surface area contributed by atoms with Gasteiger partial charge >= 0.3 is 0 Å². The Morgan fingerprint density at radius 3 is 2.67 bits per heavy atom. The molecule has 1 aliphatic rings. The summed E-state index contributed by atoms with van der Waals surface area (Å²) in [5, 5.41) is 0. The molecule has 1 unspecified atom stereocenters. The molecule has 6 heteroatoms. The lowest BCUT2D eigenvalue weighted by Gasteiger charge is -2.33. The van der Waals surface area contributed by atoms with Crippen LogP contribution in [0.2, 0.25) is 0 Å². The van der Waals surface area contributed by atoms with Crippen molar-refractivity contribution in [2.45, 2.75) is 12.6 Å². The van der Waals surface area contributed by atoms with Crippen LogP contribution in [0.15, 0.2) is 48.5 Å². The van der Waals surface area contributed by atoms with Crippen molar-refractivity contribution in [3.05, 3.63) is 71.0 Å². The van der Waals surface area contributed by atoms with Crippen LogP contribution >= 0.6 is 12.4 Å². The van der Waals surface area contributed by atoms with E-state index in [1.807, 2.05) is 18.2 Å². The highest BCUT2D eigenvalue weighted by Gasteiger charge is 2.26. The zero-order chi connectivity index (χ0) is 16.2. The number of nitrogens with zero attached hydrogens (tertiary/aromatic N) is 1. The van der Waals surface area contributed by atoms with Gasteiger partial charge in [0.1, 0.15) is 11.9 Å². The maximum absolute atomic E-state index is 13.4. The molecular weight excluding hydrogens is 331 g/mol. The molecule has 24 heavy (non-hydrogen) atoms. The molecule has 1 saturated heterocycles. The van der Waals surface area contributed by atoms with Gasteiger partial charge in [0.25, 0.3) is 5.91 Å². The Hall–Kier alpha value is -1.95. The van der Waals surface area contributed by atoms with Crippen LogP contribution in [-0.4, -0.2) is 30.5 Å². The van der Waals surface area contributed by atoms with E-state index < -0.39 is 0 Å². The second-order valence-electron chi connectivity index (χ2n) is 5.57.